The highest BCUT2D eigenvalue weighted by molar-refractivity contribution is 7.89. The smallest absolute Gasteiger partial charge is 0.240 e. The van der Waals surface area contributed by atoms with Gasteiger partial charge < -0.3 is 5.73 Å². The highest BCUT2D eigenvalue weighted by atomic mass is 35.5. The molecule has 6 heteroatoms. The topological polar surface area (TPSA) is 72.2 Å². The first-order valence-electron chi connectivity index (χ1n) is 6.87. The fourth-order valence-electron chi connectivity index (χ4n) is 2.49. The van der Waals surface area contributed by atoms with Crippen LogP contribution in [-0.2, 0) is 10.0 Å². The number of nitrogens with one attached hydrogen (secondary N) is 1. The Morgan fingerprint density at radius 2 is 1.85 bits per heavy atom. The molecular formula is C14H21ClN2O2S. The minimum absolute atomic E-state index is 0.0116. The first-order chi connectivity index (χ1) is 9.29. The van der Waals surface area contributed by atoms with Crippen molar-refractivity contribution in [3.63, 3.8) is 0 Å². The second-order valence-corrected chi connectivity index (χ2v) is 7.82. The minimum atomic E-state index is -3.55. The molecule has 0 spiro atoms. The van der Waals surface area contributed by atoms with E-state index in [4.69, 9.17) is 17.3 Å². The Bertz CT molecular complexity index is 570. The minimum Gasteiger partial charge on any atom is -0.398 e. The standard InChI is InChI=1S/C14H21ClN2O2S/c1-9-3-5-11(6-4-9)17-20(18,19)12-7-13(15)10(2)14(16)8-12/h7-9,11,17H,3-6,16H2,1-2H3. The number of sulfonamides is 1. The fraction of sp³-hybridized carbons (Fsp3) is 0.571. The first kappa shape index (κ1) is 15.6. The highest BCUT2D eigenvalue weighted by Gasteiger charge is 2.24. The molecule has 1 aromatic carbocycles. The van der Waals surface area contributed by atoms with E-state index in [1.165, 1.54) is 12.1 Å². The molecule has 2 rings (SSSR count). The summed E-state index contributed by atoms with van der Waals surface area (Å²) in [7, 11) is -3.55. The predicted octanol–water partition coefficient (Wildman–Crippen LogP) is 3.09. The van der Waals surface area contributed by atoms with Crippen LogP contribution in [0.5, 0.6) is 0 Å². The molecule has 0 aromatic heterocycles. The molecule has 1 fully saturated rings. The summed E-state index contributed by atoms with van der Waals surface area (Å²) >= 11 is 6.01. The molecule has 1 aromatic rings. The zero-order chi connectivity index (χ0) is 14.9. The van der Waals surface area contributed by atoms with Gasteiger partial charge in [0.25, 0.3) is 0 Å². The number of nitrogen functional groups attached to an aromatic ring is 1. The van der Waals surface area contributed by atoms with E-state index in [0.29, 0.717) is 22.2 Å². The van der Waals surface area contributed by atoms with Crippen molar-refractivity contribution in [2.24, 2.45) is 5.92 Å². The van der Waals surface area contributed by atoms with Crippen molar-refractivity contribution >= 4 is 27.3 Å². The third-order valence-electron chi connectivity index (χ3n) is 4.01. The van der Waals surface area contributed by atoms with E-state index in [-0.39, 0.29) is 10.9 Å². The van der Waals surface area contributed by atoms with Crippen LogP contribution in [0.2, 0.25) is 5.02 Å². The predicted molar refractivity (Wildman–Crippen MR) is 82.3 cm³/mol. The average molecular weight is 317 g/mol. The van der Waals surface area contributed by atoms with E-state index in [1.807, 2.05) is 0 Å². The first-order valence-corrected chi connectivity index (χ1v) is 8.73. The molecule has 4 nitrogen and oxygen atoms in total. The Labute approximate surface area is 125 Å². The van der Waals surface area contributed by atoms with E-state index >= 15 is 0 Å². The number of nitrogens with two attached hydrogens (primary N) is 1. The zero-order valence-electron chi connectivity index (χ0n) is 11.8. The van der Waals surface area contributed by atoms with Gasteiger partial charge in [-0.3, -0.25) is 0 Å². The number of rotatable bonds is 3. The van der Waals surface area contributed by atoms with Gasteiger partial charge in [0.05, 0.1) is 4.90 Å². The van der Waals surface area contributed by atoms with Gasteiger partial charge in [-0.2, -0.15) is 0 Å². The quantitative estimate of drug-likeness (QED) is 0.842. The average Bonchev–Trinajstić information content (AvgIpc) is 2.38. The van der Waals surface area contributed by atoms with Gasteiger partial charge in [0.15, 0.2) is 0 Å². The maximum absolute atomic E-state index is 12.4. The number of anilines is 1. The van der Waals surface area contributed by atoms with Gasteiger partial charge in [-0.05, 0) is 56.2 Å². The largest absolute Gasteiger partial charge is 0.398 e. The monoisotopic (exact) mass is 316 g/mol. The Morgan fingerprint density at radius 3 is 2.40 bits per heavy atom. The summed E-state index contributed by atoms with van der Waals surface area (Å²) in [5.41, 5.74) is 6.90. The third-order valence-corrected chi connectivity index (χ3v) is 5.90. The summed E-state index contributed by atoms with van der Waals surface area (Å²) < 4.78 is 27.5. The van der Waals surface area contributed by atoms with Crippen LogP contribution in [0.1, 0.15) is 38.2 Å². The lowest BCUT2D eigenvalue weighted by Gasteiger charge is -2.26. The highest BCUT2D eigenvalue weighted by Crippen LogP contribution is 2.28. The second-order valence-electron chi connectivity index (χ2n) is 5.70. The van der Waals surface area contributed by atoms with Crippen LogP contribution in [0.3, 0.4) is 0 Å². The molecule has 0 heterocycles. The molecule has 0 radical (unpaired) electrons. The normalized spacial score (nSPS) is 23.8. The van der Waals surface area contributed by atoms with Crippen molar-refractivity contribution in [3.05, 3.63) is 22.7 Å². The van der Waals surface area contributed by atoms with Crippen LogP contribution in [0, 0.1) is 12.8 Å². The van der Waals surface area contributed by atoms with E-state index in [2.05, 4.69) is 11.6 Å². The van der Waals surface area contributed by atoms with E-state index in [0.717, 1.165) is 25.7 Å². The van der Waals surface area contributed by atoms with Crippen molar-refractivity contribution in [2.75, 3.05) is 5.73 Å². The maximum atomic E-state index is 12.4. The second kappa shape index (κ2) is 5.92. The molecule has 0 amide bonds. The number of hydrogen-bond acceptors (Lipinski definition) is 3. The van der Waals surface area contributed by atoms with Gasteiger partial charge in [-0.15, -0.1) is 0 Å². The Morgan fingerprint density at radius 1 is 1.25 bits per heavy atom. The van der Waals surface area contributed by atoms with Gasteiger partial charge in [0.1, 0.15) is 0 Å². The molecule has 1 saturated carbocycles. The molecule has 0 aliphatic heterocycles. The Kier molecular flexibility index (Phi) is 4.62. The van der Waals surface area contributed by atoms with Crippen LogP contribution < -0.4 is 10.5 Å². The lowest BCUT2D eigenvalue weighted by atomic mass is 9.88. The van der Waals surface area contributed by atoms with Crippen LogP contribution in [0.15, 0.2) is 17.0 Å². The Hall–Kier alpha value is -0.780. The molecule has 1 aliphatic rings. The van der Waals surface area contributed by atoms with Crippen molar-refractivity contribution in [1.29, 1.82) is 0 Å². The lowest BCUT2D eigenvalue weighted by Crippen LogP contribution is -2.37. The van der Waals surface area contributed by atoms with Gasteiger partial charge >= 0.3 is 0 Å². The summed E-state index contributed by atoms with van der Waals surface area (Å²) in [5.74, 6) is 0.681. The Balaban J connectivity index is 2.18. The SMILES string of the molecule is Cc1c(N)cc(S(=O)(=O)NC2CCC(C)CC2)cc1Cl. The number of halogens is 1. The van der Waals surface area contributed by atoms with E-state index < -0.39 is 10.0 Å². The van der Waals surface area contributed by atoms with Gasteiger partial charge in [-0.25, -0.2) is 13.1 Å². The maximum Gasteiger partial charge on any atom is 0.240 e. The van der Waals surface area contributed by atoms with Crippen molar-refractivity contribution in [3.8, 4) is 0 Å². The molecule has 0 atom stereocenters. The van der Waals surface area contributed by atoms with Crippen molar-refractivity contribution < 1.29 is 8.42 Å². The lowest BCUT2D eigenvalue weighted by molar-refractivity contribution is 0.332. The molecule has 0 bridgehead atoms. The van der Waals surface area contributed by atoms with Gasteiger partial charge in [-0.1, -0.05) is 18.5 Å². The van der Waals surface area contributed by atoms with Crippen LogP contribution in [0.4, 0.5) is 5.69 Å². The molecule has 1 aliphatic carbocycles. The van der Waals surface area contributed by atoms with Crippen LogP contribution in [-0.4, -0.2) is 14.5 Å². The van der Waals surface area contributed by atoms with Crippen molar-refractivity contribution in [1.82, 2.24) is 4.72 Å². The molecule has 3 N–H and O–H groups in total. The summed E-state index contributed by atoms with van der Waals surface area (Å²) in [5, 5.41) is 0.377. The summed E-state index contributed by atoms with van der Waals surface area (Å²) in [6, 6.07) is 2.94. The summed E-state index contributed by atoms with van der Waals surface area (Å²) in [6.07, 6.45) is 3.89. The van der Waals surface area contributed by atoms with Crippen molar-refractivity contribution in [2.45, 2.75) is 50.5 Å². The van der Waals surface area contributed by atoms with E-state index in [1.54, 1.807) is 6.92 Å². The molecular weight excluding hydrogens is 296 g/mol. The molecule has 0 saturated heterocycles. The fourth-order valence-corrected chi connectivity index (χ4v) is 4.15. The molecule has 20 heavy (non-hydrogen) atoms. The third kappa shape index (κ3) is 3.45. The van der Waals surface area contributed by atoms with Gasteiger partial charge in [0.2, 0.25) is 10.0 Å². The summed E-state index contributed by atoms with van der Waals surface area (Å²) in [6.45, 7) is 3.97. The summed E-state index contributed by atoms with van der Waals surface area (Å²) in [4.78, 5) is 0.143. The molecule has 112 valence electrons. The van der Waals surface area contributed by atoms with Crippen LogP contribution in [0.25, 0.3) is 0 Å². The number of benzene rings is 1. The van der Waals surface area contributed by atoms with E-state index in [9.17, 15) is 8.42 Å². The van der Waals surface area contributed by atoms with Gasteiger partial charge in [0, 0.05) is 16.8 Å². The van der Waals surface area contributed by atoms with Crippen LogP contribution >= 0.6 is 11.6 Å². The molecule has 0 unspecified atom stereocenters. The zero-order valence-corrected chi connectivity index (χ0v) is 13.4. The number of hydrogen-bond donors (Lipinski definition) is 2.